The fourth-order valence-corrected chi connectivity index (χ4v) is 3.61. The number of benzene rings is 1. The summed E-state index contributed by atoms with van der Waals surface area (Å²) in [5.74, 6) is 0.839. The molecule has 164 valence electrons. The number of methoxy groups -OCH3 is 1. The SMILES string of the molecule is CCOC(=O)c1noc2ncnc(NCCN3CCN(c4ccc(OC)cc4)CC3)c12. The van der Waals surface area contributed by atoms with Crippen LogP contribution in [0.5, 0.6) is 5.75 Å². The molecule has 10 nitrogen and oxygen atoms in total. The van der Waals surface area contributed by atoms with Gasteiger partial charge in [0.25, 0.3) is 5.71 Å². The highest BCUT2D eigenvalue weighted by molar-refractivity contribution is 6.04. The summed E-state index contributed by atoms with van der Waals surface area (Å²) >= 11 is 0. The van der Waals surface area contributed by atoms with Crippen LogP contribution in [-0.2, 0) is 4.74 Å². The first-order valence-electron chi connectivity index (χ1n) is 10.3. The summed E-state index contributed by atoms with van der Waals surface area (Å²) in [4.78, 5) is 25.2. The first-order chi connectivity index (χ1) is 15.2. The smallest absolute Gasteiger partial charge is 0.361 e. The molecule has 0 atom stereocenters. The Bertz CT molecular complexity index is 1010. The lowest BCUT2D eigenvalue weighted by Gasteiger charge is -2.36. The molecule has 1 fully saturated rings. The lowest BCUT2D eigenvalue weighted by atomic mass is 10.2. The number of nitrogens with zero attached hydrogens (tertiary/aromatic N) is 5. The second-order valence-corrected chi connectivity index (χ2v) is 7.11. The molecule has 0 aliphatic carbocycles. The molecule has 10 heteroatoms. The number of hydrogen-bond donors (Lipinski definition) is 1. The zero-order valence-corrected chi connectivity index (χ0v) is 17.7. The van der Waals surface area contributed by atoms with E-state index in [4.69, 9.17) is 14.0 Å². The fourth-order valence-electron chi connectivity index (χ4n) is 3.61. The molecule has 0 bridgehead atoms. The van der Waals surface area contributed by atoms with Crippen molar-refractivity contribution < 1.29 is 18.8 Å². The van der Waals surface area contributed by atoms with Crippen molar-refractivity contribution in [2.45, 2.75) is 6.92 Å². The summed E-state index contributed by atoms with van der Waals surface area (Å²) in [5.41, 5.74) is 1.56. The maximum absolute atomic E-state index is 12.1. The molecule has 4 rings (SSSR count). The Hall–Kier alpha value is -3.40. The Morgan fingerprint density at radius 1 is 1.16 bits per heavy atom. The number of nitrogens with one attached hydrogen (secondary N) is 1. The molecule has 3 aromatic rings. The van der Waals surface area contributed by atoms with Gasteiger partial charge in [0.05, 0.1) is 13.7 Å². The Kier molecular flexibility index (Phi) is 6.46. The molecule has 1 saturated heterocycles. The van der Waals surface area contributed by atoms with Gasteiger partial charge in [-0.15, -0.1) is 0 Å². The number of carbonyl (C=O) groups is 1. The molecule has 0 amide bonds. The molecule has 0 spiro atoms. The van der Waals surface area contributed by atoms with E-state index in [1.807, 2.05) is 12.1 Å². The standard InChI is InChI=1S/C21H26N6O4/c1-3-30-21(28)18-17-19(23-14-24-20(17)31-25-18)22-8-9-26-10-12-27(13-11-26)15-4-6-16(29-2)7-5-15/h4-7,14H,3,8-13H2,1-2H3,(H,22,23,24). The number of piperazine rings is 1. The average Bonchev–Trinajstić information content (AvgIpc) is 3.25. The van der Waals surface area contributed by atoms with Crippen molar-refractivity contribution in [1.29, 1.82) is 0 Å². The van der Waals surface area contributed by atoms with Gasteiger partial charge >= 0.3 is 5.97 Å². The lowest BCUT2D eigenvalue weighted by molar-refractivity contribution is 0.0517. The lowest BCUT2D eigenvalue weighted by Crippen LogP contribution is -2.47. The molecule has 31 heavy (non-hydrogen) atoms. The van der Waals surface area contributed by atoms with E-state index in [1.54, 1.807) is 14.0 Å². The highest BCUT2D eigenvalue weighted by Crippen LogP contribution is 2.24. The van der Waals surface area contributed by atoms with Crippen molar-refractivity contribution in [3.63, 3.8) is 0 Å². The highest BCUT2D eigenvalue weighted by Gasteiger charge is 2.22. The summed E-state index contributed by atoms with van der Waals surface area (Å²) in [6.45, 7) is 7.37. The molecule has 1 aliphatic rings. The van der Waals surface area contributed by atoms with Crippen molar-refractivity contribution in [1.82, 2.24) is 20.0 Å². The van der Waals surface area contributed by atoms with Gasteiger partial charge in [-0.3, -0.25) is 4.90 Å². The third-order valence-corrected chi connectivity index (χ3v) is 5.27. The van der Waals surface area contributed by atoms with E-state index in [-0.39, 0.29) is 18.0 Å². The van der Waals surface area contributed by atoms with Gasteiger partial charge in [-0.1, -0.05) is 5.16 Å². The number of esters is 1. The molecular weight excluding hydrogens is 400 g/mol. The van der Waals surface area contributed by atoms with Crippen molar-refractivity contribution in [3.05, 3.63) is 36.3 Å². The van der Waals surface area contributed by atoms with Crippen LogP contribution >= 0.6 is 0 Å². The molecule has 2 aromatic heterocycles. The number of carbonyl (C=O) groups excluding carboxylic acids is 1. The minimum absolute atomic E-state index is 0.0908. The molecular formula is C21H26N6O4. The van der Waals surface area contributed by atoms with Gasteiger partial charge in [0.1, 0.15) is 23.3 Å². The first kappa shape index (κ1) is 20.9. The second-order valence-electron chi connectivity index (χ2n) is 7.11. The third-order valence-electron chi connectivity index (χ3n) is 5.27. The normalized spacial score (nSPS) is 14.6. The second kappa shape index (κ2) is 9.61. The molecule has 0 saturated carbocycles. The van der Waals surface area contributed by atoms with Crippen LogP contribution in [0, 0.1) is 0 Å². The van der Waals surface area contributed by atoms with Gasteiger partial charge in [-0.05, 0) is 31.2 Å². The van der Waals surface area contributed by atoms with Crippen LogP contribution in [-0.4, -0.2) is 79.0 Å². The summed E-state index contributed by atoms with van der Waals surface area (Å²) in [7, 11) is 1.68. The van der Waals surface area contributed by atoms with Crippen LogP contribution < -0.4 is 15.0 Å². The maximum atomic E-state index is 12.1. The molecule has 0 unspecified atom stereocenters. The van der Waals surface area contributed by atoms with E-state index in [0.717, 1.165) is 38.5 Å². The third kappa shape index (κ3) is 4.69. The maximum Gasteiger partial charge on any atom is 0.361 e. The van der Waals surface area contributed by atoms with Gasteiger partial charge in [0.15, 0.2) is 0 Å². The van der Waals surface area contributed by atoms with Crippen LogP contribution in [0.25, 0.3) is 11.1 Å². The zero-order chi connectivity index (χ0) is 21.6. The predicted molar refractivity (Wildman–Crippen MR) is 116 cm³/mol. The summed E-state index contributed by atoms with van der Waals surface area (Å²) in [6, 6.07) is 8.17. The van der Waals surface area contributed by atoms with Crippen LogP contribution in [0.1, 0.15) is 17.4 Å². The van der Waals surface area contributed by atoms with Crippen LogP contribution in [0.4, 0.5) is 11.5 Å². The van der Waals surface area contributed by atoms with Crippen LogP contribution in [0.15, 0.2) is 35.1 Å². The van der Waals surface area contributed by atoms with Crippen LogP contribution in [0.3, 0.4) is 0 Å². The summed E-state index contributed by atoms with van der Waals surface area (Å²) in [5, 5.41) is 7.54. The molecule has 0 radical (unpaired) electrons. The number of aromatic nitrogens is 3. The van der Waals surface area contributed by atoms with Gasteiger partial charge in [0.2, 0.25) is 5.69 Å². The van der Waals surface area contributed by atoms with Crippen LogP contribution in [0.2, 0.25) is 0 Å². The predicted octanol–water partition coefficient (Wildman–Crippen LogP) is 2.04. The van der Waals surface area contributed by atoms with Gasteiger partial charge in [-0.2, -0.15) is 4.98 Å². The number of ether oxygens (including phenoxy) is 2. The fraction of sp³-hybridized carbons (Fsp3) is 0.429. The van der Waals surface area contributed by atoms with Crippen molar-refractivity contribution in [3.8, 4) is 5.75 Å². The van der Waals surface area contributed by atoms with E-state index in [0.29, 0.717) is 17.7 Å². The molecule has 1 aromatic carbocycles. The molecule has 1 aliphatic heterocycles. The van der Waals surface area contributed by atoms with Gasteiger partial charge in [-0.25, -0.2) is 9.78 Å². The Morgan fingerprint density at radius 2 is 1.94 bits per heavy atom. The van der Waals surface area contributed by atoms with Crippen molar-refractivity contribution >= 4 is 28.6 Å². The van der Waals surface area contributed by atoms with E-state index in [1.165, 1.54) is 12.0 Å². The number of fused-ring (bicyclic) bond motifs is 1. The number of hydrogen-bond acceptors (Lipinski definition) is 10. The minimum Gasteiger partial charge on any atom is -0.497 e. The Labute approximate surface area is 180 Å². The highest BCUT2D eigenvalue weighted by atomic mass is 16.5. The summed E-state index contributed by atoms with van der Waals surface area (Å²) < 4.78 is 15.4. The first-order valence-corrected chi connectivity index (χ1v) is 10.3. The van der Waals surface area contributed by atoms with Gasteiger partial charge < -0.3 is 24.2 Å². The Morgan fingerprint density at radius 3 is 2.65 bits per heavy atom. The van der Waals surface area contributed by atoms with Crippen molar-refractivity contribution in [2.75, 3.05) is 63.2 Å². The number of rotatable bonds is 8. The minimum atomic E-state index is -0.547. The number of anilines is 2. The van der Waals surface area contributed by atoms with E-state index in [9.17, 15) is 4.79 Å². The quantitative estimate of drug-likeness (QED) is 0.538. The molecule has 1 N–H and O–H groups in total. The Balaban J connectivity index is 1.31. The van der Waals surface area contributed by atoms with Crippen molar-refractivity contribution in [2.24, 2.45) is 0 Å². The largest absolute Gasteiger partial charge is 0.497 e. The molecule has 3 heterocycles. The zero-order valence-electron chi connectivity index (χ0n) is 17.7. The summed E-state index contributed by atoms with van der Waals surface area (Å²) in [6.07, 6.45) is 1.39. The monoisotopic (exact) mass is 426 g/mol. The average molecular weight is 426 g/mol. The van der Waals surface area contributed by atoms with E-state index >= 15 is 0 Å². The van der Waals surface area contributed by atoms with E-state index < -0.39 is 5.97 Å². The van der Waals surface area contributed by atoms with E-state index in [2.05, 4.69) is 42.4 Å². The topological polar surface area (TPSA) is 106 Å². The van der Waals surface area contributed by atoms with Gasteiger partial charge in [0, 0.05) is 45.0 Å².